The summed E-state index contributed by atoms with van der Waals surface area (Å²) in [5.74, 6) is -1.77. The van der Waals surface area contributed by atoms with Gasteiger partial charge in [-0.15, -0.1) is 0 Å². The van der Waals surface area contributed by atoms with Crippen LogP contribution >= 0.6 is 0 Å². The van der Waals surface area contributed by atoms with Crippen LogP contribution in [0.4, 0.5) is 0 Å². The summed E-state index contributed by atoms with van der Waals surface area (Å²) in [4.78, 5) is 12.9. The van der Waals surface area contributed by atoms with Crippen molar-refractivity contribution in [3.05, 3.63) is 46.6 Å². The summed E-state index contributed by atoms with van der Waals surface area (Å²) in [5, 5.41) is 114. The van der Waals surface area contributed by atoms with E-state index in [1.165, 1.54) is 32.0 Å². The van der Waals surface area contributed by atoms with Gasteiger partial charge in [-0.1, -0.05) is 0 Å². The molecule has 0 unspecified atom stereocenters. The van der Waals surface area contributed by atoms with Crippen LogP contribution in [0.3, 0.4) is 0 Å². The zero-order chi connectivity index (χ0) is 37.8. The van der Waals surface area contributed by atoms with E-state index >= 15 is 0 Å². The molecule has 11 N–H and O–H groups in total. The molecule has 19 heteroatoms. The van der Waals surface area contributed by atoms with Crippen LogP contribution in [0.15, 0.2) is 45.6 Å². The Bertz CT molecular complexity index is 1780. The summed E-state index contributed by atoms with van der Waals surface area (Å²) < 4.78 is 39.9. The van der Waals surface area contributed by atoms with Gasteiger partial charge in [0.25, 0.3) is 0 Å². The molecular weight excluding hydrogens is 700 g/mol. The van der Waals surface area contributed by atoms with Crippen LogP contribution in [0.5, 0.6) is 23.0 Å². The number of phenolic OH excluding ortho intramolecular Hbond substituents is 3. The average Bonchev–Trinajstić information content (AvgIpc) is 3.10. The van der Waals surface area contributed by atoms with E-state index in [1.807, 2.05) is 0 Å². The third-order valence-electron chi connectivity index (χ3n) is 9.27. The fourth-order valence-corrected chi connectivity index (χ4v) is 6.19. The highest BCUT2D eigenvalue weighted by Crippen LogP contribution is 2.36. The van der Waals surface area contributed by atoms with Gasteiger partial charge in [0.2, 0.25) is 6.29 Å². The Morgan fingerprint density at radius 3 is 1.90 bits per heavy atom. The fraction of sp³-hybridized carbons (Fsp3) is 0.545. The molecule has 0 saturated carbocycles. The standard InChI is InChI=1S/C33H40O19/c1-10-22(38)24(40)27(43)31(47-10)46-9-20-30(52-32-28(44)25(41)23(39)11(2)48-32)26(42)29(45)33(51-20)49-13-6-16(36)21-17(37)8-18(50-19(21)7-13)12-3-4-14(34)15(35)5-12/h3-8,10-11,20,22-36,38-45H,9H2,1-2H3/t10-,11-,20+,22-,23-,24+,25+,26+,27+,28+,29+,30+,31+,32-,33+/m0/s1. The van der Waals surface area contributed by atoms with Gasteiger partial charge in [0.05, 0.1) is 18.8 Å². The third kappa shape index (κ3) is 7.28. The van der Waals surface area contributed by atoms with Crippen molar-refractivity contribution in [3.8, 4) is 34.3 Å². The lowest BCUT2D eigenvalue weighted by molar-refractivity contribution is -0.357. The highest BCUT2D eigenvalue weighted by atomic mass is 16.8. The van der Waals surface area contributed by atoms with Crippen molar-refractivity contribution < 1.29 is 89.0 Å². The van der Waals surface area contributed by atoms with E-state index in [-0.39, 0.29) is 28.0 Å². The molecule has 4 heterocycles. The van der Waals surface area contributed by atoms with Crippen LogP contribution < -0.4 is 10.2 Å². The molecule has 1 aromatic heterocycles. The molecule has 3 aromatic rings. The first-order chi connectivity index (χ1) is 24.5. The number of rotatable bonds is 8. The molecule has 15 atom stereocenters. The lowest BCUT2D eigenvalue weighted by Gasteiger charge is -2.46. The monoisotopic (exact) mass is 740 g/mol. The topological polar surface area (TPSA) is 308 Å². The largest absolute Gasteiger partial charge is 0.507 e. The zero-order valence-corrected chi connectivity index (χ0v) is 27.5. The van der Waals surface area contributed by atoms with E-state index in [0.717, 1.165) is 18.2 Å². The number of ether oxygens (including phenoxy) is 6. The number of hydrogen-bond acceptors (Lipinski definition) is 19. The number of aromatic hydroxyl groups is 3. The summed E-state index contributed by atoms with van der Waals surface area (Å²) in [6, 6.07) is 6.95. The second-order valence-electron chi connectivity index (χ2n) is 12.9. The Morgan fingerprint density at radius 2 is 1.25 bits per heavy atom. The molecule has 3 saturated heterocycles. The number of benzene rings is 2. The van der Waals surface area contributed by atoms with Crippen molar-refractivity contribution in [1.82, 2.24) is 0 Å². The first-order valence-corrected chi connectivity index (χ1v) is 16.2. The Kier molecular flexibility index (Phi) is 11.0. The van der Waals surface area contributed by atoms with Crippen LogP contribution in [0.25, 0.3) is 22.3 Å². The fourth-order valence-electron chi connectivity index (χ4n) is 6.19. The summed E-state index contributed by atoms with van der Waals surface area (Å²) in [6.07, 6.45) is -23.7. The van der Waals surface area contributed by atoms with Crippen molar-refractivity contribution in [3.63, 3.8) is 0 Å². The maximum absolute atomic E-state index is 12.9. The second kappa shape index (κ2) is 15.0. The van der Waals surface area contributed by atoms with Crippen molar-refractivity contribution in [1.29, 1.82) is 0 Å². The molecule has 2 aromatic carbocycles. The number of phenols is 3. The van der Waals surface area contributed by atoms with Crippen molar-refractivity contribution in [2.24, 2.45) is 0 Å². The summed E-state index contributed by atoms with van der Waals surface area (Å²) >= 11 is 0. The van der Waals surface area contributed by atoms with Gasteiger partial charge in [0, 0.05) is 23.8 Å². The Morgan fingerprint density at radius 1 is 0.635 bits per heavy atom. The molecule has 52 heavy (non-hydrogen) atoms. The molecule has 3 aliphatic heterocycles. The molecule has 19 nitrogen and oxygen atoms in total. The highest BCUT2D eigenvalue weighted by molar-refractivity contribution is 5.86. The van der Waals surface area contributed by atoms with E-state index in [9.17, 15) is 61.0 Å². The van der Waals surface area contributed by atoms with Gasteiger partial charge in [0.1, 0.15) is 89.3 Å². The minimum absolute atomic E-state index is 0.0518. The summed E-state index contributed by atoms with van der Waals surface area (Å²) in [5.41, 5.74) is -0.670. The average molecular weight is 741 g/mol. The minimum atomic E-state index is -1.93. The summed E-state index contributed by atoms with van der Waals surface area (Å²) in [7, 11) is 0. The van der Waals surface area contributed by atoms with Crippen LogP contribution in [0.1, 0.15) is 13.8 Å². The Hall–Kier alpha value is -3.67. The molecule has 3 fully saturated rings. The SMILES string of the molecule is C[C@@H]1O[C@@H](OC[C@H]2O[C@@H](Oc3cc(O)c4c(=O)cc(-c5ccc(O)c(O)c5)oc4c3)[C@H](O)[C@@H](O)[C@@H]2O[C@@H]2O[C@@H](C)[C@H](O)[C@@H](O)[C@H]2O)[C@H](O)[C@H](O)[C@H]1O. The van der Waals surface area contributed by atoms with E-state index < -0.39 is 121 Å². The molecule has 6 rings (SSSR count). The molecule has 0 aliphatic carbocycles. The van der Waals surface area contributed by atoms with E-state index in [4.69, 9.17) is 32.8 Å². The Balaban J connectivity index is 1.28. The van der Waals surface area contributed by atoms with Gasteiger partial charge in [-0.2, -0.15) is 0 Å². The molecule has 0 amide bonds. The van der Waals surface area contributed by atoms with E-state index in [0.29, 0.717) is 0 Å². The Labute approximate surface area is 293 Å². The van der Waals surface area contributed by atoms with Gasteiger partial charge in [0.15, 0.2) is 29.5 Å². The molecule has 3 aliphatic rings. The van der Waals surface area contributed by atoms with Gasteiger partial charge in [-0.3, -0.25) is 4.79 Å². The predicted octanol–water partition coefficient (Wildman–Crippen LogP) is -2.54. The third-order valence-corrected chi connectivity index (χ3v) is 9.27. The second-order valence-corrected chi connectivity index (χ2v) is 12.9. The van der Waals surface area contributed by atoms with Gasteiger partial charge in [-0.05, 0) is 32.0 Å². The normalized spacial score (nSPS) is 38.3. The smallest absolute Gasteiger partial charge is 0.229 e. The van der Waals surface area contributed by atoms with Crippen LogP contribution in [-0.2, 0) is 23.7 Å². The summed E-state index contributed by atoms with van der Waals surface area (Å²) in [6.45, 7) is 2.20. The number of aliphatic hydroxyl groups is 8. The highest BCUT2D eigenvalue weighted by Gasteiger charge is 2.52. The van der Waals surface area contributed by atoms with Gasteiger partial charge in [-0.25, -0.2) is 0 Å². The van der Waals surface area contributed by atoms with Crippen LogP contribution in [0.2, 0.25) is 0 Å². The van der Waals surface area contributed by atoms with Crippen LogP contribution in [0, 0.1) is 0 Å². The van der Waals surface area contributed by atoms with Crippen molar-refractivity contribution in [2.45, 2.75) is 106 Å². The maximum Gasteiger partial charge on any atom is 0.229 e. The molecule has 0 bridgehead atoms. The predicted molar refractivity (Wildman–Crippen MR) is 170 cm³/mol. The quantitative estimate of drug-likeness (QED) is 0.106. The van der Waals surface area contributed by atoms with Gasteiger partial charge < -0.3 is 89.0 Å². The minimum Gasteiger partial charge on any atom is -0.507 e. The molecule has 0 spiro atoms. The maximum atomic E-state index is 12.9. The first kappa shape index (κ1) is 38.1. The van der Waals surface area contributed by atoms with Crippen LogP contribution in [-0.4, -0.2) is 155 Å². The zero-order valence-electron chi connectivity index (χ0n) is 27.5. The number of fused-ring (bicyclic) bond motifs is 1. The molecular formula is C33H40O19. The molecule has 286 valence electrons. The molecule has 0 radical (unpaired) electrons. The lowest BCUT2D eigenvalue weighted by atomic mass is 9.97. The number of aliphatic hydroxyl groups excluding tert-OH is 8. The first-order valence-electron chi connectivity index (χ1n) is 16.2. The van der Waals surface area contributed by atoms with E-state index in [2.05, 4.69) is 0 Å². The number of hydrogen-bond donors (Lipinski definition) is 11. The van der Waals surface area contributed by atoms with Gasteiger partial charge >= 0.3 is 0 Å². The van der Waals surface area contributed by atoms with Crippen molar-refractivity contribution in [2.75, 3.05) is 6.61 Å². The lowest BCUT2D eigenvalue weighted by Crippen LogP contribution is -2.65. The van der Waals surface area contributed by atoms with E-state index in [1.54, 1.807) is 0 Å². The van der Waals surface area contributed by atoms with Crippen molar-refractivity contribution >= 4 is 11.0 Å².